The number of rotatable bonds is 5. The smallest absolute Gasteiger partial charge is 0.123 e. The third kappa shape index (κ3) is 10.5. The summed E-state index contributed by atoms with van der Waals surface area (Å²) >= 11 is 4.21. The molecule has 0 fully saturated rings. The van der Waals surface area contributed by atoms with Crippen LogP contribution in [-0.4, -0.2) is 0 Å². The van der Waals surface area contributed by atoms with E-state index in [0.29, 0.717) is 0 Å². The molecule has 0 N–H and O–H groups in total. The Bertz CT molecular complexity index is 532. The molecule has 0 nitrogen and oxygen atoms in total. The van der Waals surface area contributed by atoms with Crippen LogP contribution in [0, 0.1) is 11.7 Å². The lowest BCUT2D eigenvalue weighted by atomic mass is 10.0. The first-order valence-corrected chi connectivity index (χ1v) is 9.61. The van der Waals surface area contributed by atoms with E-state index >= 15 is 0 Å². The summed E-state index contributed by atoms with van der Waals surface area (Å²) in [5, 5.41) is 0. The highest BCUT2D eigenvalue weighted by Gasteiger charge is 1.96. The van der Waals surface area contributed by atoms with Crippen LogP contribution in [0.3, 0.4) is 0 Å². The maximum Gasteiger partial charge on any atom is 0.123 e. The quantitative estimate of drug-likeness (QED) is 0.546. The van der Waals surface area contributed by atoms with Crippen molar-refractivity contribution < 1.29 is 4.39 Å². The first-order valence-electron chi connectivity index (χ1n) is 8.98. The van der Waals surface area contributed by atoms with Gasteiger partial charge in [-0.05, 0) is 47.6 Å². The Morgan fingerprint density at radius 3 is 1.96 bits per heavy atom. The van der Waals surface area contributed by atoms with Crippen molar-refractivity contribution in [1.82, 2.24) is 0 Å². The van der Waals surface area contributed by atoms with E-state index in [1.54, 1.807) is 12.1 Å². The van der Waals surface area contributed by atoms with Gasteiger partial charge >= 0.3 is 0 Å². The molecule has 0 spiro atoms. The van der Waals surface area contributed by atoms with Gasteiger partial charge in [0.2, 0.25) is 0 Å². The predicted molar refractivity (Wildman–Crippen MR) is 109 cm³/mol. The van der Waals surface area contributed by atoms with Crippen LogP contribution in [0.1, 0.15) is 57.7 Å². The molecule has 0 heterocycles. The van der Waals surface area contributed by atoms with Gasteiger partial charge in [0.1, 0.15) is 5.82 Å². The second kappa shape index (κ2) is 14.1. The maximum absolute atomic E-state index is 12.5. The lowest BCUT2D eigenvalue weighted by Gasteiger charge is -2.04. The molecule has 0 aliphatic carbocycles. The Morgan fingerprint density at radius 1 is 0.917 bits per heavy atom. The van der Waals surface area contributed by atoms with Crippen LogP contribution >= 0.6 is 12.6 Å². The van der Waals surface area contributed by atoms with E-state index in [0.717, 1.165) is 30.1 Å². The fourth-order valence-corrected chi connectivity index (χ4v) is 2.44. The van der Waals surface area contributed by atoms with Crippen molar-refractivity contribution in [2.75, 3.05) is 0 Å². The molecule has 2 heteroatoms. The van der Waals surface area contributed by atoms with Gasteiger partial charge in [0, 0.05) is 5.75 Å². The zero-order chi connectivity index (χ0) is 18.4. The predicted octanol–water partition coefficient (Wildman–Crippen LogP) is 7.12. The van der Waals surface area contributed by atoms with E-state index in [9.17, 15) is 4.39 Å². The van der Waals surface area contributed by atoms with Crippen molar-refractivity contribution in [3.63, 3.8) is 0 Å². The summed E-state index contributed by atoms with van der Waals surface area (Å²) < 4.78 is 12.5. The van der Waals surface area contributed by atoms with Crippen molar-refractivity contribution in [2.24, 2.45) is 5.92 Å². The van der Waals surface area contributed by atoms with Crippen molar-refractivity contribution in [3.05, 3.63) is 71.0 Å². The molecule has 0 radical (unpaired) electrons. The molecule has 0 saturated carbocycles. The molecule has 134 valence electrons. The van der Waals surface area contributed by atoms with Gasteiger partial charge in [-0.15, -0.1) is 0 Å². The van der Waals surface area contributed by atoms with E-state index in [1.165, 1.54) is 23.6 Å². The summed E-state index contributed by atoms with van der Waals surface area (Å²) in [5.41, 5.74) is 3.81. The van der Waals surface area contributed by atoms with Crippen molar-refractivity contribution in [1.29, 1.82) is 0 Å². The second-order valence-corrected chi connectivity index (χ2v) is 6.27. The van der Waals surface area contributed by atoms with Gasteiger partial charge in [0.05, 0.1) is 0 Å². The Labute approximate surface area is 153 Å². The summed E-state index contributed by atoms with van der Waals surface area (Å²) in [6, 6.07) is 15.5. The van der Waals surface area contributed by atoms with Crippen LogP contribution in [0.4, 0.5) is 4.39 Å². The average molecular weight is 349 g/mol. The van der Waals surface area contributed by atoms with Gasteiger partial charge in [-0.25, -0.2) is 4.39 Å². The van der Waals surface area contributed by atoms with Gasteiger partial charge in [0.25, 0.3) is 0 Å². The molecule has 2 aromatic carbocycles. The zero-order valence-corrected chi connectivity index (χ0v) is 16.7. The number of thiol groups is 1. The molecule has 0 saturated heterocycles. The van der Waals surface area contributed by atoms with Gasteiger partial charge in [0.15, 0.2) is 0 Å². The first kappa shape index (κ1) is 22.7. The number of hydrogen-bond donors (Lipinski definition) is 1. The highest BCUT2D eigenvalue weighted by molar-refractivity contribution is 7.79. The van der Waals surface area contributed by atoms with Crippen LogP contribution in [0.15, 0.2) is 48.5 Å². The van der Waals surface area contributed by atoms with Gasteiger partial charge in [-0.1, -0.05) is 77.4 Å². The highest BCUT2D eigenvalue weighted by atomic mass is 32.1. The minimum Gasteiger partial charge on any atom is -0.207 e. The average Bonchev–Trinajstić information content (AvgIpc) is 2.58. The molecule has 0 unspecified atom stereocenters. The number of hydrogen-bond acceptors (Lipinski definition) is 1. The van der Waals surface area contributed by atoms with Gasteiger partial charge < -0.3 is 0 Å². The van der Waals surface area contributed by atoms with Crippen molar-refractivity contribution >= 4 is 12.6 Å². The minimum atomic E-state index is -0.133. The molecule has 0 bridgehead atoms. The third-order valence-electron chi connectivity index (χ3n) is 3.28. The van der Waals surface area contributed by atoms with E-state index in [1.807, 2.05) is 19.9 Å². The standard InChI is InChI=1S/C11H16S.C9H11F.C2H6/c1-9(2)7-10-3-5-11(8-12)6-4-10;1-2-4-8-5-3-6-9(10)7-8;1-2/h3-6,9,12H,7-8H2,1-2H3;3,5-7H,2,4H2,1H3;1-2H3. The Balaban J connectivity index is 0.000000405. The topological polar surface area (TPSA) is 0 Å². The molecular weight excluding hydrogens is 315 g/mol. The van der Waals surface area contributed by atoms with Crippen molar-refractivity contribution in [2.45, 2.75) is 59.6 Å². The van der Waals surface area contributed by atoms with Gasteiger partial charge in [-0.2, -0.15) is 12.6 Å². The fraction of sp³-hybridized carbons (Fsp3) is 0.455. The van der Waals surface area contributed by atoms with Crippen LogP contribution in [-0.2, 0) is 18.6 Å². The van der Waals surface area contributed by atoms with Crippen LogP contribution in [0.2, 0.25) is 0 Å². The summed E-state index contributed by atoms with van der Waals surface area (Å²) in [4.78, 5) is 0. The van der Waals surface area contributed by atoms with E-state index < -0.39 is 0 Å². The lowest BCUT2D eigenvalue weighted by molar-refractivity contribution is 0.625. The Morgan fingerprint density at radius 2 is 1.50 bits per heavy atom. The van der Waals surface area contributed by atoms with E-state index in [-0.39, 0.29) is 5.82 Å². The molecular formula is C22H33FS. The van der Waals surface area contributed by atoms with E-state index in [2.05, 4.69) is 57.7 Å². The van der Waals surface area contributed by atoms with Crippen LogP contribution < -0.4 is 0 Å². The third-order valence-corrected chi connectivity index (χ3v) is 3.64. The molecule has 2 aromatic rings. The summed E-state index contributed by atoms with van der Waals surface area (Å²) in [6.07, 6.45) is 3.22. The molecule has 0 amide bonds. The molecule has 0 aliphatic rings. The SMILES string of the molecule is CC.CC(C)Cc1ccc(CS)cc1.CCCc1cccc(F)c1. The largest absolute Gasteiger partial charge is 0.207 e. The normalized spacial score (nSPS) is 9.67. The molecule has 0 atom stereocenters. The monoisotopic (exact) mass is 348 g/mol. The molecule has 0 aliphatic heterocycles. The lowest BCUT2D eigenvalue weighted by Crippen LogP contribution is -1.93. The number of halogens is 1. The minimum absolute atomic E-state index is 0.133. The van der Waals surface area contributed by atoms with Gasteiger partial charge in [-0.3, -0.25) is 0 Å². The van der Waals surface area contributed by atoms with Crippen LogP contribution in [0.5, 0.6) is 0 Å². The Hall–Kier alpha value is -1.28. The molecule has 0 aromatic heterocycles. The molecule has 24 heavy (non-hydrogen) atoms. The summed E-state index contributed by atoms with van der Waals surface area (Å²) in [6.45, 7) is 10.6. The second-order valence-electron chi connectivity index (χ2n) is 5.95. The highest BCUT2D eigenvalue weighted by Crippen LogP contribution is 2.10. The van der Waals surface area contributed by atoms with E-state index in [4.69, 9.17) is 0 Å². The fourth-order valence-electron chi connectivity index (χ4n) is 2.23. The molecule has 2 rings (SSSR count). The Kier molecular flexibility index (Phi) is 13.3. The van der Waals surface area contributed by atoms with Crippen LogP contribution in [0.25, 0.3) is 0 Å². The number of aryl methyl sites for hydroxylation is 1. The zero-order valence-electron chi connectivity index (χ0n) is 15.8. The number of benzene rings is 2. The summed E-state index contributed by atoms with van der Waals surface area (Å²) in [5.74, 6) is 1.44. The summed E-state index contributed by atoms with van der Waals surface area (Å²) in [7, 11) is 0. The maximum atomic E-state index is 12.5. The van der Waals surface area contributed by atoms with Crippen molar-refractivity contribution in [3.8, 4) is 0 Å². The first-order chi connectivity index (χ1) is 11.5.